The van der Waals surface area contributed by atoms with Gasteiger partial charge >= 0.3 is 5.97 Å². The molecule has 1 unspecified atom stereocenters. The minimum atomic E-state index is -0.857. The summed E-state index contributed by atoms with van der Waals surface area (Å²) >= 11 is 1.27. The van der Waals surface area contributed by atoms with Crippen molar-refractivity contribution in [2.45, 2.75) is 19.8 Å². The predicted molar refractivity (Wildman–Crippen MR) is 68.5 cm³/mol. The summed E-state index contributed by atoms with van der Waals surface area (Å²) in [6, 6.07) is 0. The molecule has 2 amide bonds. The topological polar surface area (TPSA) is 86.7 Å². The van der Waals surface area contributed by atoms with E-state index in [4.69, 9.17) is 5.11 Å². The van der Waals surface area contributed by atoms with Gasteiger partial charge < -0.3 is 15.3 Å². The number of thioether (sulfide) groups is 1. The van der Waals surface area contributed by atoms with Gasteiger partial charge in [0.1, 0.15) is 0 Å². The molecule has 102 valence electrons. The number of aliphatic carboxylic acids is 1. The van der Waals surface area contributed by atoms with Gasteiger partial charge in [-0.3, -0.25) is 14.4 Å². The van der Waals surface area contributed by atoms with Crippen LogP contribution in [-0.4, -0.2) is 52.5 Å². The van der Waals surface area contributed by atoms with Crippen LogP contribution >= 0.6 is 11.8 Å². The average molecular weight is 274 g/mol. The van der Waals surface area contributed by atoms with Gasteiger partial charge in [0.25, 0.3) is 5.24 Å². The Morgan fingerprint density at radius 2 is 2.28 bits per heavy atom. The highest BCUT2D eigenvalue weighted by Gasteiger charge is 2.21. The maximum atomic E-state index is 11.5. The summed E-state index contributed by atoms with van der Waals surface area (Å²) in [6.45, 7) is 3.10. The fourth-order valence-electron chi connectivity index (χ4n) is 1.51. The van der Waals surface area contributed by atoms with Crippen molar-refractivity contribution in [3.8, 4) is 0 Å². The van der Waals surface area contributed by atoms with Crippen LogP contribution in [0.25, 0.3) is 0 Å². The standard InChI is InChI=1S/C11H18N2O4S/c1-8(10(15)16)2-4-12-9(14)3-5-13-6-7-18-11(13)17/h8H,2-7H2,1H3,(H,12,14)(H,15,16). The lowest BCUT2D eigenvalue weighted by Crippen LogP contribution is -2.32. The molecule has 1 rings (SSSR count). The number of carboxylic acid groups (broad SMARTS) is 1. The molecule has 0 aromatic carbocycles. The molecular formula is C11H18N2O4S. The number of rotatable bonds is 7. The van der Waals surface area contributed by atoms with Crippen LogP contribution in [0.1, 0.15) is 19.8 Å². The van der Waals surface area contributed by atoms with Crippen molar-refractivity contribution in [1.29, 1.82) is 0 Å². The molecule has 2 N–H and O–H groups in total. The van der Waals surface area contributed by atoms with E-state index < -0.39 is 11.9 Å². The molecule has 0 saturated carbocycles. The molecule has 1 fully saturated rings. The summed E-state index contributed by atoms with van der Waals surface area (Å²) in [4.78, 5) is 34.9. The van der Waals surface area contributed by atoms with Crippen LogP contribution in [0.15, 0.2) is 0 Å². The molecule has 0 bridgehead atoms. The van der Waals surface area contributed by atoms with Crippen molar-refractivity contribution in [2.24, 2.45) is 5.92 Å². The Hall–Kier alpha value is -1.24. The molecule has 6 nitrogen and oxygen atoms in total. The second-order valence-corrected chi connectivity index (χ2v) is 5.28. The summed E-state index contributed by atoms with van der Waals surface area (Å²) in [5.41, 5.74) is 0. The number of hydrogen-bond acceptors (Lipinski definition) is 4. The molecule has 1 atom stereocenters. The molecule has 0 spiro atoms. The van der Waals surface area contributed by atoms with Crippen LogP contribution in [0.3, 0.4) is 0 Å². The summed E-state index contributed by atoms with van der Waals surface area (Å²) in [7, 11) is 0. The van der Waals surface area contributed by atoms with Crippen LogP contribution in [0.5, 0.6) is 0 Å². The summed E-state index contributed by atoms with van der Waals surface area (Å²) in [5.74, 6) is -0.667. The van der Waals surface area contributed by atoms with Gasteiger partial charge in [-0.1, -0.05) is 18.7 Å². The van der Waals surface area contributed by atoms with Gasteiger partial charge in [0.05, 0.1) is 5.92 Å². The third kappa shape index (κ3) is 4.95. The Bertz CT molecular complexity index is 335. The number of nitrogens with zero attached hydrogens (tertiary/aromatic N) is 1. The molecule has 0 aromatic rings. The monoisotopic (exact) mass is 274 g/mol. The fraction of sp³-hybridized carbons (Fsp3) is 0.727. The van der Waals surface area contributed by atoms with Crippen LogP contribution in [-0.2, 0) is 9.59 Å². The first-order valence-electron chi connectivity index (χ1n) is 5.92. The maximum absolute atomic E-state index is 11.5. The molecule has 0 aromatic heterocycles. The zero-order valence-corrected chi connectivity index (χ0v) is 11.2. The maximum Gasteiger partial charge on any atom is 0.306 e. The number of amides is 2. The predicted octanol–water partition coefficient (Wildman–Crippen LogP) is 0.772. The van der Waals surface area contributed by atoms with E-state index in [2.05, 4.69) is 5.32 Å². The number of carbonyl (C=O) groups excluding carboxylic acids is 2. The van der Waals surface area contributed by atoms with Crippen LogP contribution in [0.2, 0.25) is 0 Å². The normalized spacial score (nSPS) is 16.7. The van der Waals surface area contributed by atoms with Gasteiger partial charge in [-0.2, -0.15) is 0 Å². The third-order valence-corrected chi connectivity index (χ3v) is 3.67. The molecule has 0 aliphatic carbocycles. The third-order valence-electron chi connectivity index (χ3n) is 2.77. The molecule has 18 heavy (non-hydrogen) atoms. The minimum Gasteiger partial charge on any atom is -0.481 e. The number of carboxylic acids is 1. The molecule has 1 aliphatic rings. The van der Waals surface area contributed by atoms with Crippen molar-refractivity contribution in [1.82, 2.24) is 10.2 Å². The van der Waals surface area contributed by atoms with Gasteiger partial charge in [-0.25, -0.2) is 0 Å². The van der Waals surface area contributed by atoms with E-state index in [0.717, 1.165) is 5.75 Å². The van der Waals surface area contributed by atoms with E-state index in [1.165, 1.54) is 11.8 Å². The molecule has 7 heteroatoms. The minimum absolute atomic E-state index is 0.0299. The first-order valence-corrected chi connectivity index (χ1v) is 6.90. The Balaban J connectivity index is 2.10. The quantitative estimate of drug-likeness (QED) is 0.716. The molecule has 1 heterocycles. The number of nitrogens with one attached hydrogen (secondary N) is 1. The van der Waals surface area contributed by atoms with E-state index in [9.17, 15) is 14.4 Å². The highest BCUT2D eigenvalue weighted by atomic mass is 32.2. The summed E-state index contributed by atoms with van der Waals surface area (Å²) < 4.78 is 0. The Morgan fingerprint density at radius 1 is 1.56 bits per heavy atom. The van der Waals surface area contributed by atoms with Crippen molar-refractivity contribution >= 4 is 28.9 Å². The smallest absolute Gasteiger partial charge is 0.306 e. The first-order chi connectivity index (χ1) is 8.50. The lowest BCUT2D eigenvalue weighted by molar-refractivity contribution is -0.141. The second-order valence-electron chi connectivity index (χ2n) is 4.23. The van der Waals surface area contributed by atoms with Gasteiger partial charge in [0, 0.05) is 31.8 Å². The highest BCUT2D eigenvalue weighted by molar-refractivity contribution is 8.13. The lowest BCUT2D eigenvalue weighted by Gasteiger charge is -2.14. The van der Waals surface area contributed by atoms with E-state index in [0.29, 0.717) is 26.1 Å². The lowest BCUT2D eigenvalue weighted by atomic mass is 10.1. The van der Waals surface area contributed by atoms with Crippen LogP contribution in [0.4, 0.5) is 4.79 Å². The van der Waals surface area contributed by atoms with E-state index in [1.807, 2.05) is 0 Å². The van der Waals surface area contributed by atoms with E-state index in [1.54, 1.807) is 11.8 Å². The largest absolute Gasteiger partial charge is 0.481 e. The number of carbonyl (C=O) groups is 3. The highest BCUT2D eigenvalue weighted by Crippen LogP contribution is 2.16. The zero-order valence-electron chi connectivity index (χ0n) is 10.3. The molecular weight excluding hydrogens is 256 g/mol. The van der Waals surface area contributed by atoms with Gasteiger partial charge in [-0.15, -0.1) is 0 Å². The van der Waals surface area contributed by atoms with Crippen molar-refractivity contribution < 1.29 is 19.5 Å². The molecule has 1 saturated heterocycles. The van der Waals surface area contributed by atoms with Crippen LogP contribution < -0.4 is 5.32 Å². The van der Waals surface area contributed by atoms with E-state index in [-0.39, 0.29) is 17.6 Å². The fourth-order valence-corrected chi connectivity index (χ4v) is 2.36. The first kappa shape index (κ1) is 14.8. The van der Waals surface area contributed by atoms with Crippen LogP contribution in [0, 0.1) is 5.92 Å². The Kier molecular flexibility index (Phi) is 5.97. The molecule has 0 radical (unpaired) electrons. The number of hydrogen-bond donors (Lipinski definition) is 2. The van der Waals surface area contributed by atoms with Crippen molar-refractivity contribution in [3.05, 3.63) is 0 Å². The summed E-state index contributed by atoms with van der Waals surface area (Å²) in [5, 5.41) is 11.4. The SMILES string of the molecule is CC(CCNC(=O)CCN1CCSC1=O)C(=O)O. The Morgan fingerprint density at radius 3 is 2.83 bits per heavy atom. The van der Waals surface area contributed by atoms with Gasteiger partial charge in [0.15, 0.2) is 0 Å². The summed E-state index contributed by atoms with van der Waals surface area (Å²) in [6.07, 6.45) is 0.688. The second kappa shape index (κ2) is 7.25. The Labute approximate surface area is 110 Å². The van der Waals surface area contributed by atoms with E-state index >= 15 is 0 Å². The molecule has 1 aliphatic heterocycles. The van der Waals surface area contributed by atoms with Crippen molar-refractivity contribution in [3.63, 3.8) is 0 Å². The van der Waals surface area contributed by atoms with Crippen molar-refractivity contribution in [2.75, 3.05) is 25.4 Å². The van der Waals surface area contributed by atoms with Gasteiger partial charge in [-0.05, 0) is 6.42 Å². The average Bonchev–Trinajstić information content (AvgIpc) is 2.72. The zero-order chi connectivity index (χ0) is 13.5. The van der Waals surface area contributed by atoms with Gasteiger partial charge in [0.2, 0.25) is 5.91 Å².